The second-order valence-corrected chi connectivity index (χ2v) is 6.67. The summed E-state index contributed by atoms with van der Waals surface area (Å²) in [5, 5.41) is 4.22. The average molecular weight is 349 g/mol. The number of benzene rings is 1. The Balaban J connectivity index is 0.000000891. The predicted octanol–water partition coefficient (Wildman–Crippen LogP) is 4.72. The third kappa shape index (κ3) is 6.79. The van der Waals surface area contributed by atoms with Crippen LogP contribution in [0.2, 0.25) is 0 Å². The Hall–Kier alpha value is -1.75. The lowest BCUT2D eigenvalue weighted by Gasteiger charge is -2.07. The van der Waals surface area contributed by atoms with Gasteiger partial charge in [0.1, 0.15) is 0 Å². The van der Waals surface area contributed by atoms with E-state index in [1.54, 1.807) is 16.4 Å². The molecule has 0 aliphatic carbocycles. The molecule has 2 aromatic rings. The number of thioether (sulfide) groups is 1. The van der Waals surface area contributed by atoms with Crippen LogP contribution in [-0.2, 0) is 23.0 Å². The van der Waals surface area contributed by atoms with Gasteiger partial charge in [-0.3, -0.25) is 9.48 Å². The Labute approximate surface area is 149 Å². The number of carbonyl (C=O) groups excluding carboxylic acids is 1. The number of nitrogens with zero attached hydrogens (tertiary/aromatic N) is 2. The van der Waals surface area contributed by atoms with Crippen molar-refractivity contribution in [1.29, 1.82) is 0 Å². The maximum absolute atomic E-state index is 11.2. The maximum atomic E-state index is 11.2. The van der Waals surface area contributed by atoms with Crippen molar-refractivity contribution < 1.29 is 9.53 Å². The second kappa shape index (κ2) is 10.9. The summed E-state index contributed by atoms with van der Waals surface area (Å²) >= 11 is 1.68. The minimum Gasteiger partial charge on any atom is -0.469 e. The molecule has 0 radical (unpaired) electrons. The van der Waals surface area contributed by atoms with Crippen LogP contribution in [0, 0.1) is 0 Å². The molecule has 0 N–H and O–H groups in total. The van der Waals surface area contributed by atoms with Crippen molar-refractivity contribution in [1.82, 2.24) is 9.78 Å². The number of methoxy groups -OCH3 is 1. The van der Waals surface area contributed by atoms with Crippen LogP contribution in [0.15, 0.2) is 35.5 Å². The highest BCUT2D eigenvalue weighted by atomic mass is 32.2. The lowest BCUT2D eigenvalue weighted by atomic mass is 10.0. The van der Waals surface area contributed by atoms with Crippen LogP contribution in [0.1, 0.15) is 39.2 Å². The molecule has 1 aromatic carbocycles. The highest BCUT2D eigenvalue weighted by Gasteiger charge is 2.06. The molecule has 4 nitrogen and oxygen atoms in total. The first-order valence-electron chi connectivity index (χ1n) is 8.36. The van der Waals surface area contributed by atoms with Gasteiger partial charge in [0.2, 0.25) is 0 Å². The van der Waals surface area contributed by atoms with Gasteiger partial charge in [-0.1, -0.05) is 33.3 Å². The van der Waals surface area contributed by atoms with Gasteiger partial charge in [-0.15, -0.1) is 11.8 Å². The number of carbonyl (C=O) groups is 1. The molecule has 1 heterocycles. The van der Waals surface area contributed by atoms with E-state index in [2.05, 4.69) is 48.8 Å². The summed E-state index contributed by atoms with van der Waals surface area (Å²) in [7, 11) is 3.34. The van der Waals surface area contributed by atoms with Crippen LogP contribution in [0.5, 0.6) is 0 Å². The topological polar surface area (TPSA) is 44.1 Å². The summed E-state index contributed by atoms with van der Waals surface area (Å²) in [5.41, 5.74) is 3.57. The Morgan fingerprint density at radius 1 is 1.21 bits per heavy atom. The summed E-state index contributed by atoms with van der Waals surface area (Å²) in [6.07, 6.45) is 6.55. The van der Waals surface area contributed by atoms with Gasteiger partial charge in [-0.2, -0.15) is 5.10 Å². The molecule has 0 aliphatic rings. The van der Waals surface area contributed by atoms with Crippen LogP contribution >= 0.6 is 11.8 Å². The molecule has 0 atom stereocenters. The van der Waals surface area contributed by atoms with E-state index >= 15 is 0 Å². The molecule has 0 saturated carbocycles. The number of aromatic nitrogens is 2. The molecule has 132 valence electrons. The lowest BCUT2D eigenvalue weighted by Crippen LogP contribution is -2.00. The summed E-state index contributed by atoms with van der Waals surface area (Å²) in [4.78, 5) is 12.3. The zero-order chi connectivity index (χ0) is 17.9. The van der Waals surface area contributed by atoms with Gasteiger partial charge >= 0.3 is 5.97 Å². The van der Waals surface area contributed by atoms with E-state index in [4.69, 9.17) is 0 Å². The first-order chi connectivity index (χ1) is 11.5. The molecule has 24 heavy (non-hydrogen) atoms. The largest absolute Gasteiger partial charge is 0.469 e. The Morgan fingerprint density at radius 3 is 2.46 bits per heavy atom. The third-order valence-corrected chi connectivity index (χ3v) is 4.19. The molecule has 2 rings (SSSR count). The SMILES string of the molecule is CCC.CCc1cc(SCCC(=O)OC)cc(-c2cnn(C)c2)c1. The highest BCUT2D eigenvalue weighted by Crippen LogP contribution is 2.28. The van der Waals surface area contributed by atoms with E-state index in [0.717, 1.165) is 17.7 Å². The highest BCUT2D eigenvalue weighted by molar-refractivity contribution is 7.99. The van der Waals surface area contributed by atoms with Crippen molar-refractivity contribution in [2.75, 3.05) is 12.9 Å². The molecule has 0 fully saturated rings. The average Bonchev–Trinajstić information content (AvgIpc) is 3.01. The van der Waals surface area contributed by atoms with Gasteiger partial charge in [0, 0.05) is 29.5 Å². The predicted molar refractivity (Wildman–Crippen MR) is 101 cm³/mol. The van der Waals surface area contributed by atoms with Crippen LogP contribution in [0.25, 0.3) is 11.1 Å². The van der Waals surface area contributed by atoms with Gasteiger partial charge in [0.15, 0.2) is 0 Å². The zero-order valence-corrected chi connectivity index (χ0v) is 16.2. The molecular weight excluding hydrogens is 320 g/mol. The van der Waals surface area contributed by atoms with E-state index in [-0.39, 0.29) is 5.97 Å². The van der Waals surface area contributed by atoms with E-state index in [0.29, 0.717) is 6.42 Å². The summed E-state index contributed by atoms with van der Waals surface area (Å²) in [5.74, 6) is 0.563. The minimum absolute atomic E-state index is 0.165. The van der Waals surface area contributed by atoms with Crippen molar-refractivity contribution in [2.24, 2.45) is 7.05 Å². The molecule has 0 unspecified atom stereocenters. The van der Waals surface area contributed by atoms with Crippen LogP contribution < -0.4 is 0 Å². The monoisotopic (exact) mass is 348 g/mol. The molecule has 5 heteroatoms. The second-order valence-electron chi connectivity index (χ2n) is 5.50. The number of aryl methyl sites for hydroxylation is 2. The van der Waals surface area contributed by atoms with Crippen molar-refractivity contribution in [3.63, 3.8) is 0 Å². The summed E-state index contributed by atoms with van der Waals surface area (Å²) in [6.45, 7) is 6.39. The van der Waals surface area contributed by atoms with Gasteiger partial charge in [-0.25, -0.2) is 0 Å². The van der Waals surface area contributed by atoms with E-state index in [1.807, 2.05) is 19.4 Å². The van der Waals surface area contributed by atoms with E-state index < -0.39 is 0 Å². The number of hydrogen-bond acceptors (Lipinski definition) is 4. The van der Waals surface area contributed by atoms with Crippen molar-refractivity contribution >= 4 is 17.7 Å². The smallest absolute Gasteiger partial charge is 0.306 e. The molecule has 0 amide bonds. The fraction of sp³-hybridized carbons (Fsp3) is 0.474. The molecule has 0 bridgehead atoms. The molecule has 0 saturated heterocycles. The zero-order valence-electron chi connectivity index (χ0n) is 15.3. The lowest BCUT2D eigenvalue weighted by molar-refractivity contribution is -0.140. The van der Waals surface area contributed by atoms with Crippen molar-refractivity contribution in [2.45, 2.75) is 44.9 Å². The van der Waals surface area contributed by atoms with Gasteiger partial charge in [0.25, 0.3) is 0 Å². The normalized spacial score (nSPS) is 10.0. The molecule has 0 aliphatic heterocycles. The quantitative estimate of drug-likeness (QED) is 0.559. The fourth-order valence-corrected chi connectivity index (χ4v) is 2.99. The minimum atomic E-state index is -0.165. The maximum Gasteiger partial charge on any atom is 0.306 e. The Morgan fingerprint density at radius 2 is 1.92 bits per heavy atom. The Bertz CT molecular complexity index is 638. The molecular formula is C19H28N2O2S. The number of hydrogen-bond donors (Lipinski definition) is 0. The van der Waals surface area contributed by atoms with Gasteiger partial charge in [0.05, 0.1) is 19.7 Å². The van der Waals surface area contributed by atoms with Gasteiger partial charge in [-0.05, 0) is 29.7 Å². The summed E-state index contributed by atoms with van der Waals surface area (Å²) < 4.78 is 6.47. The standard InChI is InChI=1S/C16H20N2O2S.C3H8/c1-4-12-7-13(14-10-17-18(2)11-14)9-15(8-12)21-6-5-16(19)20-3;1-3-2/h7-11H,4-6H2,1-3H3;3H2,1-2H3. The van der Waals surface area contributed by atoms with Crippen molar-refractivity contribution in [3.8, 4) is 11.1 Å². The first-order valence-corrected chi connectivity index (χ1v) is 9.35. The molecule has 0 spiro atoms. The van der Waals surface area contributed by atoms with E-state index in [9.17, 15) is 4.79 Å². The van der Waals surface area contributed by atoms with Crippen LogP contribution in [0.4, 0.5) is 0 Å². The number of ether oxygens (including phenoxy) is 1. The summed E-state index contributed by atoms with van der Waals surface area (Å²) in [6, 6.07) is 6.53. The van der Waals surface area contributed by atoms with Gasteiger partial charge < -0.3 is 4.74 Å². The van der Waals surface area contributed by atoms with Crippen molar-refractivity contribution in [3.05, 3.63) is 36.2 Å². The number of rotatable bonds is 6. The molecule has 1 aromatic heterocycles. The van der Waals surface area contributed by atoms with Crippen LogP contribution in [-0.4, -0.2) is 28.6 Å². The van der Waals surface area contributed by atoms with E-state index in [1.165, 1.54) is 29.6 Å². The fourth-order valence-electron chi connectivity index (χ4n) is 2.04. The third-order valence-electron chi connectivity index (χ3n) is 3.22. The Kier molecular flexibility index (Phi) is 9.23. The number of esters is 1. The van der Waals surface area contributed by atoms with Crippen LogP contribution in [0.3, 0.4) is 0 Å². The first kappa shape index (κ1) is 20.3.